The van der Waals surface area contributed by atoms with Gasteiger partial charge in [-0.15, -0.1) is 0 Å². The Hall–Kier alpha value is -5.99. The van der Waals surface area contributed by atoms with Crippen molar-refractivity contribution >= 4 is 10.8 Å². The maximum absolute atomic E-state index is 9.23. The summed E-state index contributed by atoms with van der Waals surface area (Å²) in [6, 6.07) is 46.8. The number of fused-ring (bicyclic) bond motifs is 1. The number of nitriles is 1. The lowest BCUT2D eigenvalue weighted by molar-refractivity contribution is 1.07. The Morgan fingerprint density at radius 3 is 1.55 bits per heavy atom. The molecule has 0 N–H and O–H groups in total. The standard InChI is InChI=1S/C37H23N5/c38-23-31-21-19-30(24-39-31)33-22-20-25-9-7-8-14-32(25)34(33)26-15-17-29(18-16-26)37-41-35(27-10-3-1-4-11-27)40-36(42-37)28-12-5-2-6-13-28/h1-22,24H. The monoisotopic (exact) mass is 537 g/mol. The van der Waals surface area contributed by atoms with E-state index in [0.29, 0.717) is 23.2 Å². The molecule has 42 heavy (non-hydrogen) atoms. The summed E-state index contributed by atoms with van der Waals surface area (Å²) in [6.07, 6.45) is 1.77. The molecule has 0 aliphatic rings. The van der Waals surface area contributed by atoms with Gasteiger partial charge in [0.15, 0.2) is 17.5 Å². The van der Waals surface area contributed by atoms with E-state index >= 15 is 0 Å². The van der Waals surface area contributed by atoms with E-state index < -0.39 is 0 Å². The highest BCUT2D eigenvalue weighted by atomic mass is 15.0. The van der Waals surface area contributed by atoms with E-state index in [9.17, 15) is 5.26 Å². The van der Waals surface area contributed by atoms with Gasteiger partial charge in [-0.1, -0.05) is 121 Å². The largest absolute Gasteiger partial charge is 0.245 e. The highest BCUT2D eigenvalue weighted by Crippen LogP contribution is 2.38. The zero-order valence-electron chi connectivity index (χ0n) is 22.5. The molecule has 0 radical (unpaired) electrons. The van der Waals surface area contributed by atoms with Crippen molar-refractivity contribution in [3.63, 3.8) is 0 Å². The third-order valence-corrected chi connectivity index (χ3v) is 7.25. The van der Waals surface area contributed by atoms with Gasteiger partial charge >= 0.3 is 0 Å². The van der Waals surface area contributed by atoms with Crippen LogP contribution in [0.15, 0.2) is 140 Å². The third-order valence-electron chi connectivity index (χ3n) is 7.25. The van der Waals surface area contributed by atoms with Crippen LogP contribution in [-0.2, 0) is 0 Å². The topological polar surface area (TPSA) is 75.3 Å². The molecule has 2 heterocycles. The SMILES string of the molecule is N#Cc1ccc(-c2ccc3ccccc3c2-c2ccc(-c3nc(-c4ccccc4)nc(-c4ccccc4)n3)cc2)cn1. The predicted octanol–water partition coefficient (Wildman–Crippen LogP) is 8.63. The highest BCUT2D eigenvalue weighted by Gasteiger charge is 2.15. The van der Waals surface area contributed by atoms with E-state index in [0.717, 1.165) is 49.7 Å². The van der Waals surface area contributed by atoms with Crippen LogP contribution in [0.1, 0.15) is 5.69 Å². The Balaban J connectivity index is 1.36. The first-order valence-electron chi connectivity index (χ1n) is 13.6. The normalized spacial score (nSPS) is 10.8. The molecule has 0 saturated heterocycles. The van der Waals surface area contributed by atoms with Crippen LogP contribution < -0.4 is 0 Å². The fraction of sp³-hybridized carbons (Fsp3) is 0. The van der Waals surface area contributed by atoms with E-state index in [2.05, 4.69) is 65.7 Å². The van der Waals surface area contributed by atoms with Gasteiger partial charge in [0.05, 0.1) is 0 Å². The molecule has 7 rings (SSSR count). The van der Waals surface area contributed by atoms with Crippen LogP contribution in [0.4, 0.5) is 0 Å². The average Bonchev–Trinajstić information content (AvgIpc) is 3.08. The molecule has 5 nitrogen and oxygen atoms in total. The molecule has 0 atom stereocenters. The minimum Gasteiger partial charge on any atom is -0.245 e. The first kappa shape index (κ1) is 25.0. The van der Waals surface area contributed by atoms with Crippen molar-refractivity contribution < 1.29 is 0 Å². The minimum atomic E-state index is 0.396. The summed E-state index contributed by atoms with van der Waals surface area (Å²) < 4.78 is 0. The summed E-state index contributed by atoms with van der Waals surface area (Å²) in [7, 11) is 0. The first-order chi connectivity index (χ1) is 20.8. The molecular formula is C37H23N5. The van der Waals surface area contributed by atoms with Gasteiger partial charge in [-0.05, 0) is 39.6 Å². The van der Waals surface area contributed by atoms with Crippen LogP contribution in [0.25, 0.3) is 67.2 Å². The quantitative estimate of drug-likeness (QED) is 0.220. The van der Waals surface area contributed by atoms with Gasteiger partial charge in [0, 0.05) is 28.5 Å². The van der Waals surface area contributed by atoms with Gasteiger partial charge in [-0.2, -0.15) is 5.26 Å². The van der Waals surface area contributed by atoms with E-state index in [1.807, 2.05) is 72.8 Å². The number of hydrogen-bond acceptors (Lipinski definition) is 5. The molecule has 0 saturated carbocycles. The van der Waals surface area contributed by atoms with E-state index in [1.165, 1.54) is 0 Å². The number of nitrogens with zero attached hydrogens (tertiary/aromatic N) is 5. The van der Waals surface area contributed by atoms with Gasteiger partial charge in [-0.3, -0.25) is 0 Å². The van der Waals surface area contributed by atoms with Crippen molar-refractivity contribution in [1.29, 1.82) is 5.26 Å². The van der Waals surface area contributed by atoms with Crippen molar-refractivity contribution in [2.75, 3.05) is 0 Å². The molecule has 5 heteroatoms. The number of hydrogen-bond donors (Lipinski definition) is 0. The zero-order valence-corrected chi connectivity index (χ0v) is 22.5. The van der Waals surface area contributed by atoms with Crippen molar-refractivity contribution in [3.05, 3.63) is 145 Å². The molecule has 0 aliphatic carbocycles. The van der Waals surface area contributed by atoms with Crippen molar-refractivity contribution in [3.8, 4) is 62.5 Å². The Morgan fingerprint density at radius 1 is 0.452 bits per heavy atom. The second kappa shape index (κ2) is 10.9. The second-order valence-corrected chi connectivity index (χ2v) is 9.87. The van der Waals surface area contributed by atoms with E-state index in [-0.39, 0.29) is 0 Å². The molecule has 2 aromatic heterocycles. The number of pyridine rings is 1. The van der Waals surface area contributed by atoms with Crippen LogP contribution in [0.2, 0.25) is 0 Å². The van der Waals surface area contributed by atoms with Gasteiger partial charge in [0.2, 0.25) is 0 Å². The summed E-state index contributed by atoms with van der Waals surface area (Å²) in [6.45, 7) is 0. The summed E-state index contributed by atoms with van der Waals surface area (Å²) >= 11 is 0. The smallest absolute Gasteiger partial charge is 0.164 e. The van der Waals surface area contributed by atoms with Crippen LogP contribution in [0.3, 0.4) is 0 Å². The van der Waals surface area contributed by atoms with Crippen molar-refractivity contribution in [1.82, 2.24) is 19.9 Å². The van der Waals surface area contributed by atoms with Crippen molar-refractivity contribution in [2.24, 2.45) is 0 Å². The Kier molecular flexibility index (Phi) is 6.48. The molecule has 0 amide bonds. The fourth-order valence-corrected chi connectivity index (χ4v) is 5.17. The second-order valence-electron chi connectivity index (χ2n) is 9.87. The molecular weight excluding hydrogens is 514 g/mol. The molecule has 196 valence electrons. The first-order valence-corrected chi connectivity index (χ1v) is 13.6. The van der Waals surface area contributed by atoms with E-state index in [4.69, 9.17) is 15.0 Å². The number of benzene rings is 5. The molecule has 0 unspecified atom stereocenters. The fourth-order valence-electron chi connectivity index (χ4n) is 5.17. The Morgan fingerprint density at radius 2 is 0.976 bits per heavy atom. The lowest BCUT2D eigenvalue weighted by Crippen LogP contribution is -2.00. The van der Waals surface area contributed by atoms with Crippen LogP contribution in [0.5, 0.6) is 0 Å². The van der Waals surface area contributed by atoms with Crippen LogP contribution in [0, 0.1) is 11.3 Å². The summed E-state index contributed by atoms with van der Waals surface area (Å²) in [5.74, 6) is 1.88. The predicted molar refractivity (Wildman–Crippen MR) is 167 cm³/mol. The zero-order chi connectivity index (χ0) is 28.3. The maximum atomic E-state index is 9.23. The molecule has 0 fully saturated rings. The third kappa shape index (κ3) is 4.78. The number of rotatable bonds is 5. The lowest BCUT2D eigenvalue weighted by atomic mass is 9.90. The van der Waals surface area contributed by atoms with Gasteiger partial charge in [-0.25, -0.2) is 19.9 Å². The van der Waals surface area contributed by atoms with E-state index in [1.54, 1.807) is 12.3 Å². The summed E-state index contributed by atoms with van der Waals surface area (Å²) in [4.78, 5) is 18.9. The van der Waals surface area contributed by atoms with Gasteiger partial charge in [0.25, 0.3) is 0 Å². The summed E-state index contributed by atoms with van der Waals surface area (Å²) in [5.41, 5.74) is 7.35. The van der Waals surface area contributed by atoms with Crippen LogP contribution in [-0.4, -0.2) is 19.9 Å². The van der Waals surface area contributed by atoms with Crippen molar-refractivity contribution in [2.45, 2.75) is 0 Å². The number of aromatic nitrogens is 4. The molecule has 0 aliphatic heterocycles. The highest BCUT2D eigenvalue weighted by molar-refractivity contribution is 6.04. The molecule has 5 aromatic carbocycles. The van der Waals surface area contributed by atoms with Gasteiger partial charge < -0.3 is 0 Å². The van der Waals surface area contributed by atoms with Gasteiger partial charge in [0.1, 0.15) is 11.8 Å². The average molecular weight is 538 g/mol. The molecule has 0 spiro atoms. The van der Waals surface area contributed by atoms with Crippen LogP contribution >= 0.6 is 0 Å². The molecule has 7 aromatic rings. The summed E-state index contributed by atoms with van der Waals surface area (Å²) in [5, 5.41) is 11.5. The Bertz CT molecular complexity index is 2010. The Labute approximate surface area is 243 Å². The molecule has 0 bridgehead atoms. The minimum absolute atomic E-state index is 0.396. The lowest BCUT2D eigenvalue weighted by Gasteiger charge is -2.15. The maximum Gasteiger partial charge on any atom is 0.164 e.